The molecule has 0 atom stereocenters. The van der Waals surface area contributed by atoms with Gasteiger partial charge in [0, 0.05) is 13.7 Å². The Hall–Kier alpha value is -0.810. The summed E-state index contributed by atoms with van der Waals surface area (Å²) in [4.78, 5) is 14.8. The number of urea groups is 1. The minimum Gasteiger partial charge on any atom is -0.383 e. The van der Waals surface area contributed by atoms with Crippen LogP contribution in [0.15, 0.2) is 0 Å². The van der Waals surface area contributed by atoms with E-state index in [1.165, 1.54) is 7.11 Å². The summed E-state index contributed by atoms with van der Waals surface area (Å²) in [5.74, 6) is 0. The van der Waals surface area contributed by atoms with E-state index in [2.05, 4.69) is 20.4 Å². The fourth-order valence-corrected chi connectivity index (χ4v) is 0.395. The second-order valence-electron chi connectivity index (χ2n) is 1.55. The van der Waals surface area contributed by atoms with Crippen molar-refractivity contribution < 1.29 is 14.4 Å². The summed E-state index contributed by atoms with van der Waals surface area (Å²) in [6, 6.07) is -0.362. The van der Waals surface area contributed by atoms with E-state index in [0.717, 1.165) is 0 Å². The number of rotatable bonds is 4. The van der Waals surface area contributed by atoms with Crippen LogP contribution in [0.25, 0.3) is 0 Å². The molecule has 5 heteroatoms. The molecule has 0 unspecified atom stereocenters. The van der Waals surface area contributed by atoms with E-state index in [1.54, 1.807) is 7.11 Å². The minimum atomic E-state index is -0.362. The third-order valence-electron chi connectivity index (χ3n) is 0.787. The molecule has 0 aliphatic heterocycles. The molecule has 2 amide bonds. The SMILES string of the molecule is COCCNC(=O)NOC. The second kappa shape index (κ2) is 6.31. The number of hydroxylamine groups is 1. The van der Waals surface area contributed by atoms with Gasteiger partial charge in [0.15, 0.2) is 0 Å². The predicted molar refractivity (Wildman–Crippen MR) is 35.4 cm³/mol. The van der Waals surface area contributed by atoms with Gasteiger partial charge in [-0.05, 0) is 0 Å². The first-order valence-electron chi connectivity index (χ1n) is 2.87. The number of ether oxygens (including phenoxy) is 1. The van der Waals surface area contributed by atoms with Gasteiger partial charge in [-0.15, -0.1) is 0 Å². The fraction of sp³-hybridized carbons (Fsp3) is 0.800. The number of nitrogens with one attached hydrogen (secondary N) is 2. The van der Waals surface area contributed by atoms with Crippen molar-refractivity contribution >= 4 is 6.03 Å². The van der Waals surface area contributed by atoms with Crippen LogP contribution >= 0.6 is 0 Å². The summed E-state index contributed by atoms with van der Waals surface area (Å²) in [6.07, 6.45) is 0. The number of methoxy groups -OCH3 is 1. The van der Waals surface area contributed by atoms with Crippen LogP contribution in [0.5, 0.6) is 0 Å². The van der Waals surface area contributed by atoms with Crippen LogP contribution in [0, 0.1) is 0 Å². The Kier molecular flexibility index (Phi) is 5.80. The van der Waals surface area contributed by atoms with Crippen LogP contribution < -0.4 is 10.8 Å². The highest BCUT2D eigenvalue weighted by atomic mass is 16.6. The molecule has 2 N–H and O–H groups in total. The predicted octanol–water partition coefficient (Wildman–Crippen LogP) is -0.507. The maximum atomic E-state index is 10.5. The summed E-state index contributed by atoms with van der Waals surface area (Å²) in [5.41, 5.74) is 2.10. The highest BCUT2D eigenvalue weighted by molar-refractivity contribution is 5.72. The smallest absolute Gasteiger partial charge is 0.338 e. The number of hydrogen-bond donors (Lipinski definition) is 2. The molecular formula is C5H12N2O3. The van der Waals surface area contributed by atoms with Crippen molar-refractivity contribution in [2.45, 2.75) is 0 Å². The molecule has 5 nitrogen and oxygen atoms in total. The average Bonchev–Trinajstić information content (AvgIpc) is 1.89. The molecule has 10 heavy (non-hydrogen) atoms. The van der Waals surface area contributed by atoms with E-state index >= 15 is 0 Å². The highest BCUT2D eigenvalue weighted by Gasteiger charge is 1.94. The van der Waals surface area contributed by atoms with Crippen LogP contribution in [-0.4, -0.2) is 33.4 Å². The molecule has 0 aromatic rings. The molecule has 0 aliphatic rings. The van der Waals surface area contributed by atoms with Gasteiger partial charge in [-0.2, -0.15) is 0 Å². The monoisotopic (exact) mass is 148 g/mol. The molecule has 0 rings (SSSR count). The minimum absolute atomic E-state index is 0.362. The van der Waals surface area contributed by atoms with E-state index in [4.69, 9.17) is 0 Å². The Morgan fingerprint density at radius 1 is 1.50 bits per heavy atom. The van der Waals surface area contributed by atoms with Crippen molar-refractivity contribution in [1.82, 2.24) is 10.8 Å². The van der Waals surface area contributed by atoms with Crippen molar-refractivity contribution in [3.05, 3.63) is 0 Å². The van der Waals surface area contributed by atoms with Gasteiger partial charge >= 0.3 is 6.03 Å². The molecule has 0 aromatic heterocycles. The first-order valence-corrected chi connectivity index (χ1v) is 2.87. The summed E-state index contributed by atoms with van der Waals surface area (Å²) >= 11 is 0. The standard InChI is InChI=1S/C5H12N2O3/c1-9-4-3-6-5(8)7-10-2/h3-4H2,1-2H3,(H2,6,7,8). The van der Waals surface area contributed by atoms with Gasteiger partial charge in [-0.1, -0.05) is 0 Å². The van der Waals surface area contributed by atoms with E-state index in [-0.39, 0.29) is 6.03 Å². The van der Waals surface area contributed by atoms with E-state index in [0.29, 0.717) is 13.2 Å². The largest absolute Gasteiger partial charge is 0.383 e. The van der Waals surface area contributed by atoms with Gasteiger partial charge in [0.2, 0.25) is 0 Å². The highest BCUT2D eigenvalue weighted by Crippen LogP contribution is 1.66. The lowest BCUT2D eigenvalue weighted by atomic mass is 10.7. The molecule has 0 bridgehead atoms. The lowest BCUT2D eigenvalue weighted by Gasteiger charge is -2.03. The molecule has 0 radical (unpaired) electrons. The third-order valence-corrected chi connectivity index (χ3v) is 0.787. The van der Waals surface area contributed by atoms with Crippen LogP contribution in [0.4, 0.5) is 4.79 Å². The van der Waals surface area contributed by atoms with Crippen LogP contribution in [-0.2, 0) is 9.57 Å². The Labute approximate surface area is 59.6 Å². The molecule has 0 aromatic carbocycles. The van der Waals surface area contributed by atoms with E-state index in [9.17, 15) is 4.79 Å². The van der Waals surface area contributed by atoms with Gasteiger partial charge in [0.25, 0.3) is 0 Å². The average molecular weight is 148 g/mol. The molecule has 60 valence electrons. The molecule has 0 spiro atoms. The Balaban J connectivity index is 3.05. The zero-order valence-corrected chi connectivity index (χ0v) is 6.14. The van der Waals surface area contributed by atoms with Crippen molar-refractivity contribution in [1.29, 1.82) is 0 Å². The zero-order valence-electron chi connectivity index (χ0n) is 6.14. The molecule has 0 aliphatic carbocycles. The number of amides is 2. The van der Waals surface area contributed by atoms with Crippen LogP contribution in [0.2, 0.25) is 0 Å². The van der Waals surface area contributed by atoms with Crippen molar-refractivity contribution in [3.63, 3.8) is 0 Å². The summed E-state index contributed by atoms with van der Waals surface area (Å²) in [5, 5.41) is 2.48. The van der Waals surface area contributed by atoms with Crippen molar-refractivity contribution in [2.75, 3.05) is 27.4 Å². The fourth-order valence-electron chi connectivity index (χ4n) is 0.395. The van der Waals surface area contributed by atoms with E-state index < -0.39 is 0 Å². The number of carbonyl (C=O) groups is 1. The molecule has 0 heterocycles. The summed E-state index contributed by atoms with van der Waals surface area (Å²) in [7, 11) is 2.94. The van der Waals surface area contributed by atoms with Gasteiger partial charge in [0.1, 0.15) is 0 Å². The topological polar surface area (TPSA) is 59.6 Å². The van der Waals surface area contributed by atoms with Gasteiger partial charge in [-0.25, -0.2) is 10.3 Å². The molecule has 0 fully saturated rings. The first kappa shape index (κ1) is 9.19. The van der Waals surface area contributed by atoms with E-state index in [1.807, 2.05) is 0 Å². The van der Waals surface area contributed by atoms with Crippen LogP contribution in [0.3, 0.4) is 0 Å². The Morgan fingerprint density at radius 2 is 2.20 bits per heavy atom. The normalized spacial score (nSPS) is 9.00. The maximum Gasteiger partial charge on any atom is 0.338 e. The summed E-state index contributed by atoms with van der Waals surface area (Å²) in [6.45, 7) is 0.975. The maximum absolute atomic E-state index is 10.5. The molecule has 0 saturated carbocycles. The second-order valence-corrected chi connectivity index (χ2v) is 1.55. The lowest BCUT2D eigenvalue weighted by molar-refractivity contribution is 0.106. The zero-order chi connectivity index (χ0) is 7.82. The first-order chi connectivity index (χ1) is 4.81. The van der Waals surface area contributed by atoms with Crippen LogP contribution in [0.1, 0.15) is 0 Å². The Morgan fingerprint density at radius 3 is 2.70 bits per heavy atom. The number of hydrogen-bond acceptors (Lipinski definition) is 3. The molecular weight excluding hydrogens is 136 g/mol. The van der Waals surface area contributed by atoms with Crippen molar-refractivity contribution in [3.8, 4) is 0 Å². The van der Waals surface area contributed by atoms with Gasteiger partial charge in [-0.3, -0.25) is 4.84 Å². The number of carbonyl (C=O) groups excluding carboxylic acids is 1. The third kappa shape index (κ3) is 5.33. The lowest BCUT2D eigenvalue weighted by Crippen LogP contribution is -2.36. The Bertz CT molecular complexity index is 96.9. The van der Waals surface area contributed by atoms with Crippen molar-refractivity contribution in [2.24, 2.45) is 0 Å². The molecule has 0 saturated heterocycles. The summed E-state index contributed by atoms with van der Waals surface area (Å²) < 4.78 is 4.69. The quantitative estimate of drug-likeness (QED) is 0.417. The van der Waals surface area contributed by atoms with Gasteiger partial charge in [0.05, 0.1) is 13.7 Å². The van der Waals surface area contributed by atoms with Gasteiger partial charge < -0.3 is 10.1 Å².